The number of allylic oxidation sites excluding steroid dienone is 2. The van der Waals surface area contributed by atoms with Crippen LogP contribution in [0.3, 0.4) is 0 Å². The summed E-state index contributed by atoms with van der Waals surface area (Å²) in [5, 5.41) is 0. The quantitative estimate of drug-likeness (QED) is 0.480. The van der Waals surface area contributed by atoms with E-state index in [0.717, 1.165) is 23.7 Å². The third kappa shape index (κ3) is 0.694. The maximum absolute atomic E-state index is 2.52. The van der Waals surface area contributed by atoms with Gasteiger partial charge < -0.3 is 0 Å². The molecule has 12 heavy (non-hydrogen) atoms. The molecule has 2 fully saturated rings. The number of fused-ring (bicyclic) bond motifs is 5. The van der Waals surface area contributed by atoms with Crippen molar-refractivity contribution in [3.05, 3.63) is 12.2 Å². The van der Waals surface area contributed by atoms with Gasteiger partial charge >= 0.3 is 0 Å². The molecule has 0 aromatic carbocycles. The minimum Gasteiger partial charge on any atom is -0.0843 e. The average Bonchev–Trinajstić information content (AvgIpc) is 2.61. The summed E-state index contributed by atoms with van der Waals surface area (Å²) >= 11 is 0. The van der Waals surface area contributed by atoms with Gasteiger partial charge in [0.1, 0.15) is 0 Å². The Morgan fingerprint density at radius 2 is 1.92 bits per heavy atom. The lowest BCUT2D eigenvalue weighted by molar-refractivity contribution is 0.169. The molecular formula is C12H18. The fourth-order valence-electron chi connectivity index (χ4n) is 4.19. The first-order valence-corrected chi connectivity index (χ1v) is 5.38. The normalized spacial score (nSPS) is 53.2. The van der Waals surface area contributed by atoms with Gasteiger partial charge in [0.05, 0.1) is 0 Å². The van der Waals surface area contributed by atoms with Crippen molar-refractivity contribution < 1.29 is 0 Å². The fourth-order valence-corrected chi connectivity index (χ4v) is 4.19. The maximum Gasteiger partial charge on any atom is -0.0138 e. The topological polar surface area (TPSA) is 0 Å². The van der Waals surface area contributed by atoms with Crippen molar-refractivity contribution in [3.63, 3.8) is 0 Å². The van der Waals surface area contributed by atoms with E-state index in [9.17, 15) is 0 Å². The highest BCUT2D eigenvalue weighted by Crippen LogP contribution is 2.61. The standard InChI is InChI=1S/C12H18/c1-12(2)6-5-10-8-3-4-9(7-8)11(10)12/h5-6,8-11H,3-4,7H2,1-2H3. The average molecular weight is 162 g/mol. The summed E-state index contributed by atoms with van der Waals surface area (Å²) in [6, 6.07) is 0. The van der Waals surface area contributed by atoms with Gasteiger partial charge in [-0.25, -0.2) is 0 Å². The van der Waals surface area contributed by atoms with Crippen LogP contribution in [-0.2, 0) is 0 Å². The first-order chi connectivity index (χ1) is 5.68. The van der Waals surface area contributed by atoms with E-state index in [1.807, 2.05) is 0 Å². The van der Waals surface area contributed by atoms with E-state index in [2.05, 4.69) is 26.0 Å². The van der Waals surface area contributed by atoms with Crippen LogP contribution in [0, 0.1) is 29.1 Å². The summed E-state index contributed by atoms with van der Waals surface area (Å²) in [7, 11) is 0. The molecule has 2 bridgehead atoms. The summed E-state index contributed by atoms with van der Waals surface area (Å²) < 4.78 is 0. The molecule has 0 aromatic rings. The fraction of sp³-hybridized carbons (Fsp3) is 0.833. The lowest BCUT2D eigenvalue weighted by Crippen LogP contribution is -2.28. The van der Waals surface area contributed by atoms with Crippen molar-refractivity contribution in [2.75, 3.05) is 0 Å². The molecule has 0 aromatic heterocycles. The van der Waals surface area contributed by atoms with Crippen molar-refractivity contribution in [2.24, 2.45) is 29.1 Å². The van der Waals surface area contributed by atoms with Crippen LogP contribution >= 0.6 is 0 Å². The Kier molecular flexibility index (Phi) is 1.18. The molecule has 3 aliphatic carbocycles. The molecule has 66 valence electrons. The number of rotatable bonds is 0. The van der Waals surface area contributed by atoms with Gasteiger partial charge in [-0.05, 0) is 48.3 Å². The second-order valence-electron chi connectivity index (χ2n) is 5.62. The van der Waals surface area contributed by atoms with Crippen molar-refractivity contribution >= 4 is 0 Å². The minimum atomic E-state index is 0.518. The largest absolute Gasteiger partial charge is 0.0843 e. The van der Waals surface area contributed by atoms with Crippen molar-refractivity contribution in [3.8, 4) is 0 Å². The molecule has 4 unspecified atom stereocenters. The lowest BCUT2D eigenvalue weighted by Gasteiger charge is -2.34. The highest BCUT2D eigenvalue weighted by atomic mass is 14.6. The minimum absolute atomic E-state index is 0.518. The van der Waals surface area contributed by atoms with Gasteiger partial charge in [0.25, 0.3) is 0 Å². The first-order valence-electron chi connectivity index (χ1n) is 5.38. The van der Waals surface area contributed by atoms with Gasteiger partial charge in [0, 0.05) is 0 Å². The van der Waals surface area contributed by atoms with E-state index >= 15 is 0 Å². The van der Waals surface area contributed by atoms with Crippen LogP contribution in [0.4, 0.5) is 0 Å². The summed E-state index contributed by atoms with van der Waals surface area (Å²) in [5.74, 6) is 4.12. The molecule has 0 nitrogen and oxygen atoms in total. The zero-order valence-corrected chi connectivity index (χ0v) is 8.09. The smallest absolute Gasteiger partial charge is 0.0138 e. The van der Waals surface area contributed by atoms with E-state index < -0.39 is 0 Å². The molecule has 0 N–H and O–H groups in total. The molecule has 0 aliphatic heterocycles. The van der Waals surface area contributed by atoms with Crippen LogP contribution in [0.1, 0.15) is 33.1 Å². The molecule has 0 heteroatoms. The summed E-state index contributed by atoms with van der Waals surface area (Å²) in [5.41, 5.74) is 0.518. The predicted molar refractivity (Wildman–Crippen MR) is 50.7 cm³/mol. The first kappa shape index (κ1) is 7.17. The molecule has 0 heterocycles. The summed E-state index contributed by atoms with van der Waals surface area (Å²) in [6.45, 7) is 4.85. The van der Waals surface area contributed by atoms with Gasteiger partial charge in [0.2, 0.25) is 0 Å². The van der Waals surface area contributed by atoms with Crippen LogP contribution in [0.5, 0.6) is 0 Å². The van der Waals surface area contributed by atoms with E-state index in [-0.39, 0.29) is 0 Å². The predicted octanol–water partition coefficient (Wildman–Crippen LogP) is 3.24. The van der Waals surface area contributed by atoms with E-state index in [1.54, 1.807) is 6.42 Å². The molecular weight excluding hydrogens is 144 g/mol. The van der Waals surface area contributed by atoms with Crippen LogP contribution in [0.15, 0.2) is 12.2 Å². The van der Waals surface area contributed by atoms with Crippen LogP contribution in [0.25, 0.3) is 0 Å². The Morgan fingerprint density at radius 1 is 1.17 bits per heavy atom. The monoisotopic (exact) mass is 162 g/mol. The van der Waals surface area contributed by atoms with Gasteiger partial charge in [0.15, 0.2) is 0 Å². The van der Waals surface area contributed by atoms with Gasteiger partial charge in [-0.15, -0.1) is 0 Å². The Morgan fingerprint density at radius 3 is 2.67 bits per heavy atom. The Labute approximate surface area is 75.0 Å². The molecule has 0 radical (unpaired) electrons. The van der Waals surface area contributed by atoms with E-state index in [0.29, 0.717) is 5.41 Å². The second-order valence-corrected chi connectivity index (χ2v) is 5.62. The molecule has 2 saturated carbocycles. The zero-order chi connectivity index (χ0) is 8.34. The summed E-state index contributed by atoms with van der Waals surface area (Å²) in [4.78, 5) is 0. The highest BCUT2D eigenvalue weighted by molar-refractivity contribution is 5.19. The van der Waals surface area contributed by atoms with Crippen LogP contribution in [0.2, 0.25) is 0 Å². The van der Waals surface area contributed by atoms with Crippen LogP contribution in [-0.4, -0.2) is 0 Å². The zero-order valence-electron chi connectivity index (χ0n) is 8.09. The van der Waals surface area contributed by atoms with Crippen molar-refractivity contribution in [1.82, 2.24) is 0 Å². The van der Waals surface area contributed by atoms with E-state index in [1.165, 1.54) is 12.8 Å². The van der Waals surface area contributed by atoms with Crippen molar-refractivity contribution in [2.45, 2.75) is 33.1 Å². The SMILES string of the molecule is CC1(C)C=CC2C3CCC(C3)C21. The number of hydrogen-bond acceptors (Lipinski definition) is 0. The third-order valence-electron chi connectivity index (χ3n) is 4.59. The molecule has 0 amide bonds. The van der Waals surface area contributed by atoms with Crippen LogP contribution < -0.4 is 0 Å². The van der Waals surface area contributed by atoms with E-state index in [4.69, 9.17) is 0 Å². The molecule has 3 aliphatic rings. The van der Waals surface area contributed by atoms with Gasteiger partial charge in [-0.2, -0.15) is 0 Å². The molecule has 3 rings (SSSR count). The molecule has 0 spiro atoms. The third-order valence-corrected chi connectivity index (χ3v) is 4.59. The van der Waals surface area contributed by atoms with Crippen molar-refractivity contribution in [1.29, 1.82) is 0 Å². The summed E-state index contributed by atoms with van der Waals surface area (Å²) in [6.07, 6.45) is 9.59. The second kappa shape index (κ2) is 1.97. The molecule has 0 saturated heterocycles. The lowest BCUT2D eigenvalue weighted by atomic mass is 9.70. The maximum atomic E-state index is 2.52. The Hall–Kier alpha value is -0.260. The van der Waals surface area contributed by atoms with Gasteiger partial charge in [-0.1, -0.05) is 26.0 Å². The Bertz CT molecular complexity index is 236. The van der Waals surface area contributed by atoms with Gasteiger partial charge in [-0.3, -0.25) is 0 Å². The molecule has 4 atom stereocenters. The number of hydrogen-bond donors (Lipinski definition) is 0. The Balaban J connectivity index is 1.99. The highest BCUT2D eigenvalue weighted by Gasteiger charge is 2.53.